The molecule has 0 fully saturated rings. The molecule has 0 atom stereocenters. The van der Waals surface area contributed by atoms with Crippen molar-refractivity contribution in [1.82, 2.24) is 0 Å². The Hall–Kier alpha value is -2.62. The lowest BCUT2D eigenvalue weighted by atomic mass is 9.96. The zero-order valence-corrected chi connectivity index (χ0v) is 17.2. The minimum absolute atomic E-state index is 0.0993. The van der Waals surface area contributed by atoms with Gasteiger partial charge in [0.1, 0.15) is 11.5 Å². The highest BCUT2D eigenvalue weighted by Gasteiger charge is 2.21. The van der Waals surface area contributed by atoms with Gasteiger partial charge in [-0.15, -0.1) is 0 Å². The number of esters is 2. The van der Waals surface area contributed by atoms with E-state index in [9.17, 15) is 9.59 Å². The first-order valence-electron chi connectivity index (χ1n) is 10.1. The van der Waals surface area contributed by atoms with Gasteiger partial charge in [-0.25, -0.2) is 0 Å². The number of ether oxygens (including phenoxy) is 2. The van der Waals surface area contributed by atoms with Gasteiger partial charge in [-0.1, -0.05) is 32.0 Å². The first-order valence-corrected chi connectivity index (χ1v) is 10.1. The second-order valence-electron chi connectivity index (χ2n) is 7.39. The molecule has 4 heteroatoms. The average Bonchev–Trinajstić information content (AvgIpc) is 2.68. The van der Waals surface area contributed by atoms with E-state index in [1.807, 2.05) is 12.1 Å². The Morgan fingerprint density at radius 2 is 1.46 bits per heavy atom. The van der Waals surface area contributed by atoms with Crippen molar-refractivity contribution in [2.24, 2.45) is 0 Å². The molecule has 2 aliphatic heterocycles. The van der Waals surface area contributed by atoms with Crippen LogP contribution in [-0.4, -0.2) is 11.9 Å². The lowest BCUT2D eigenvalue weighted by Gasteiger charge is -2.20. The number of aryl methyl sites for hydroxylation is 5. The number of carbonyl (C=O) groups is 2. The Kier molecular flexibility index (Phi) is 6.18. The van der Waals surface area contributed by atoms with E-state index in [1.54, 1.807) is 0 Å². The van der Waals surface area contributed by atoms with E-state index < -0.39 is 0 Å². The van der Waals surface area contributed by atoms with Crippen LogP contribution in [0.1, 0.15) is 60.1 Å². The Bertz CT molecular complexity index is 911. The van der Waals surface area contributed by atoms with Gasteiger partial charge in [-0.05, 0) is 79.0 Å². The molecule has 0 N–H and O–H groups in total. The molecule has 0 unspecified atom stereocenters. The fraction of sp³-hybridized carbons (Fsp3) is 0.417. The van der Waals surface area contributed by atoms with Crippen LogP contribution >= 0.6 is 0 Å². The summed E-state index contributed by atoms with van der Waals surface area (Å²) in [6, 6.07) is 8.30. The minimum atomic E-state index is -0.108. The summed E-state index contributed by atoms with van der Waals surface area (Å²) in [6.45, 7) is 8.36. The van der Waals surface area contributed by atoms with Crippen molar-refractivity contribution in [3.8, 4) is 11.5 Å². The number of hydrogen-bond donors (Lipinski definition) is 0. The smallest absolute Gasteiger partial charge is 0.311 e. The van der Waals surface area contributed by atoms with Crippen LogP contribution < -0.4 is 9.47 Å². The number of rotatable bonds is 2. The monoisotopic (exact) mass is 380 g/mol. The zero-order valence-electron chi connectivity index (χ0n) is 17.2. The maximum Gasteiger partial charge on any atom is 0.311 e. The topological polar surface area (TPSA) is 52.6 Å². The Morgan fingerprint density at radius 3 is 2.18 bits per heavy atom. The van der Waals surface area contributed by atoms with Crippen LogP contribution in [0, 0.1) is 13.8 Å². The molecule has 28 heavy (non-hydrogen) atoms. The van der Waals surface area contributed by atoms with E-state index in [-0.39, 0.29) is 11.9 Å². The van der Waals surface area contributed by atoms with E-state index in [0.29, 0.717) is 12.8 Å². The summed E-state index contributed by atoms with van der Waals surface area (Å²) in [7, 11) is 0. The van der Waals surface area contributed by atoms with Gasteiger partial charge < -0.3 is 9.47 Å². The maximum absolute atomic E-state index is 11.2. The molecule has 2 aliphatic rings. The highest BCUT2D eigenvalue weighted by Crippen LogP contribution is 2.32. The Balaban J connectivity index is 0.000000161. The van der Waals surface area contributed by atoms with Crippen LogP contribution in [0.15, 0.2) is 24.3 Å². The van der Waals surface area contributed by atoms with Crippen LogP contribution in [0.2, 0.25) is 0 Å². The standard InChI is InChI=1S/2C12H14O2/c1-3-9-7-11-10(6-8(9)2)4-5-12(13)14-11;1-3-9-5-4-8(2)10-6-7-11(13)14-12(9)10/h6-7H,3-5H2,1-2H3;4-5H,3,6-7H2,1-2H3. The summed E-state index contributed by atoms with van der Waals surface area (Å²) in [5.41, 5.74) is 7.30. The largest absolute Gasteiger partial charge is 0.426 e. The SMILES string of the molecule is CCc1cc2c(cc1C)CCC(=O)O2.CCc1ccc(C)c2c1OC(=O)CC2. The first kappa shape index (κ1) is 20.1. The fourth-order valence-electron chi connectivity index (χ4n) is 3.75. The number of carbonyl (C=O) groups excluding carboxylic acids is 2. The highest BCUT2D eigenvalue weighted by molar-refractivity contribution is 5.76. The van der Waals surface area contributed by atoms with Crippen molar-refractivity contribution in [3.05, 3.63) is 57.6 Å². The van der Waals surface area contributed by atoms with Crippen molar-refractivity contribution in [3.63, 3.8) is 0 Å². The molecule has 0 spiro atoms. The highest BCUT2D eigenvalue weighted by atomic mass is 16.5. The number of hydrogen-bond acceptors (Lipinski definition) is 4. The molecule has 4 rings (SSSR count). The van der Waals surface area contributed by atoms with Crippen molar-refractivity contribution < 1.29 is 19.1 Å². The van der Waals surface area contributed by atoms with Gasteiger partial charge in [0, 0.05) is 0 Å². The molecule has 0 saturated heterocycles. The third kappa shape index (κ3) is 4.27. The molecule has 148 valence electrons. The van der Waals surface area contributed by atoms with Gasteiger partial charge >= 0.3 is 11.9 Å². The van der Waals surface area contributed by atoms with Crippen molar-refractivity contribution >= 4 is 11.9 Å². The summed E-state index contributed by atoms with van der Waals surface area (Å²) >= 11 is 0. The maximum atomic E-state index is 11.2. The predicted octanol–water partition coefficient (Wildman–Crippen LogP) is 4.82. The lowest BCUT2D eigenvalue weighted by molar-refractivity contribution is -0.136. The van der Waals surface area contributed by atoms with Crippen LogP contribution in [0.5, 0.6) is 11.5 Å². The molecule has 2 aromatic carbocycles. The average molecular weight is 380 g/mol. The van der Waals surface area contributed by atoms with Crippen LogP contribution in [0.4, 0.5) is 0 Å². The third-order valence-electron chi connectivity index (χ3n) is 5.47. The minimum Gasteiger partial charge on any atom is -0.426 e. The van der Waals surface area contributed by atoms with E-state index in [2.05, 4.69) is 39.8 Å². The summed E-state index contributed by atoms with van der Waals surface area (Å²) in [6.07, 6.45) is 4.57. The molecule has 0 radical (unpaired) electrons. The zero-order chi connectivity index (χ0) is 20.3. The molecule has 0 aliphatic carbocycles. The predicted molar refractivity (Wildman–Crippen MR) is 109 cm³/mol. The quantitative estimate of drug-likeness (QED) is 0.554. The summed E-state index contributed by atoms with van der Waals surface area (Å²) in [4.78, 5) is 22.3. The second-order valence-corrected chi connectivity index (χ2v) is 7.39. The van der Waals surface area contributed by atoms with Gasteiger partial charge in [-0.3, -0.25) is 9.59 Å². The van der Waals surface area contributed by atoms with Gasteiger partial charge in [0.2, 0.25) is 0 Å². The van der Waals surface area contributed by atoms with E-state index in [1.165, 1.54) is 27.8 Å². The van der Waals surface area contributed by atoms with Gasteiger partial charge in [0.05, 0.1) is 12.8 Å². The van der Waals surface area contributed by atoms with Gasteiger partial charge in [0.15, 0.2) is 0 Å². The fourth-order valence-corrected chi connectivity index (χ4v) is 3.75. The molecule has 0 bridgehead atoms. The van der Waals surface area contributed by atoms with Crippen molar-refractivity contribution in [2.45, 2.75) is 66.2 Å². The van der Waals surface area contributed by atoms with E-state index in [0.717, 1.165) is 42.7 Å². The molecular weight excluding hydrogens is 352 g/mol. The molecule has 2 aromatic rings. The van der Waals surface area contributed by atoms with Crippen LogP contribution in [0.25, 0.3) is 0 Å². The van der Waals surface area contributed by atoms with E-state index >= 15 is 0 Å². The van der Waals surface area contributed by atoms with Crippen molar-refractivity contribution in [1.29, 1.82) is 0 Å². The molecule has 0 aromatic heterocycles. The lowest BCUT2D eigenvalue weighted by Crippen LogP contribution is -2.18. The Morgan fingerprint density at radius 1 is 0.786 bits per heavy atom. The van der Waals surface area contributed by atoms with Crippen LogP contribution in [0.3, 0.4) is 0 Å². The van der Waals surface area contributed by atoms with E-state index in [4.69, 9.17) is 9.47 Å². The molecule has 0 saturated carbocycles. The summed E-state index contributed by atoms with van der Waals surface area (Å²) in [5, 5.41) is 0. The second kappa shape index (κ2) is 8.59. The molecule has 0 amide bonds. The molecular formula is C24H28O4. The normalized spacial score (nSPS) is 14.9. The molecule has 2 heterocycles. The Labute approximate surface area is 166 Å². The number of fused-ring (bicyclic) bond motifs is 2. The van der Waals surface area contributed by atoms with Gasteiger partial charge in [-0.2, -0.15) is 0 Å². The van der Waals surface area contributed by atoms with Gasteiger partial charge in [0.25, 0.3) is 0 Å². The van der Waals surface area contributed by atoms with Crippen molar-refractivity contribution in [2.75, 3.05) is 0 Å². The van der Waals surface area contributed by atoms with Crippen LogP contribution in [-0.2, 0) is 35.3 Å². The summed E-state index contributed by atoms with van der Waals surface area (Å²) in [5.74, 6) is 1.38. The third-order valence-corrected chi connectivity index (χ3v) is 5.47. The summed E-state index contributed by atoms with van der Waals surface area (Å²) < 4.78 is 10.5. The number of benzene rings is 2. The molecule has 4 nitrogen and oxygen atoms in total. The first-order chi connectivity index (χ1) is 13.4.